The van der Waals surface area contributed by atoms with Crippen LogP contribution in [-0.2, 0) is 4.79 Å². The molecular formula is C15H19FN2O3. The van der Waals surface area contributed by atoms with Crippen molar-refractivity contribution >= 4 is 17.7 Å². The van der Waals surface area contributed by atoms with Gasteiger partial charge in [0.2, 0.25) is 0 Å². The van der Waals surface area contributed by atoms with E-state index in [9.17, 15) is 19.1 Å². The van der Waals surface area contributed by atoms with Crippen LogP contribution in [0.15, 0.2) is 24.3 Å². The third kappa shape index (κ3) is 3.32. The highest BCUT2D eigenvalue weighted by atomic mass is 19.1. The Morgan fingerprint density at radius 3 is 2.52 bits per heavy atom. The number of hydrogen-bond donors (Lipinski definition) is 3. The van der Waals surface area contributed by atoms with Gasteiger partial charge in [-0.2, -0.15) is 0 Å². The molecule has 0 aliphatic heterocycles. The van der Waals surface area contributed by atoms with Gasteiger partial charge in [0.05, 0.1) is 0 Å². The van der Waals surface area contributed by atoms with Gasteiger partial charge in [0, 0.05) is 5.69 Å². The van der Waals surface area contributed by atoms with Crippen LogP contribution in [0.4, 0.5) is 14.9 Å². The lowest BCUT2D eigenvalue weighted by molar-refractivity contribution is -0.148. The van der Waals surface area contributed by atoms with E-state index in [1.165, 1.54) is 24.3 Å². The lowest BCUT2D eigenvalue weighted by Crippen LogP contribution is -2.60. The van der Waals surface area contributed by atoms with E-state index < -0.39 is 23.4 Å². The van der Waals surface area contributed by atoms with Crippen LogP contribution < -0.4 is 10.6 Å². The number of nitrogens with one attached hydrogen (secondary N) is 2. The molecule has 1 saturated carbocycles. The molecule has 2 unspecified atom stereocenters. The maximum absolute atomic E-state index is 12.8. The number of carboxylic acids is 1. The van der Waals surface area contributed by atoms with Crippen LogP contribution in [0, 0.1) is 11.7 Å². The molecular weight excluding hydrogens is 275 g/mol. The third-order valence-corrected chi connectivity index (χ3v) is 4.12. The summed E-state index contributed by atoms with van der Waals surface area (Å²) in [5.41, 5.74) is -0.819. The molecule has 1 aromatic carbocycles. The lowest BCUT2D eigenvalue weighted by Gasteiger charge is -2.39. The molecule has 0 heterocycles. The second-order valence-corrected chi connectivity index (χ2v) is 5.51. The fraction of sp³-hybridized carbons (Fsp3) is 0.467. The Labute approximate surface area is 122 Å². The Bertz CT molecular complexity index is 532. The minimum atomic E-state index is -1.23. The summed E-state index contributed by atoms with van der Waals surface area (Å²) in [6, 6.07) is 4.72. The van der Waals surface area contributed by atoms with Crippen LogP contribution in [0.2, 0.25) is 0 Å². The average molecular weight is 294 g/mol. The van der Waals surface area contributed by atoms with E-state index in [1.54, 1.807) is 0 Å². The van der Waals surface area contributed by atoms with Gasteiger partial charge in [-0.15, -0.1) is 0 Å². The van der Waals surface area contributed by atoms with E-state index in [-0.39, 0.29) is 5.92 Å². The van der Waals surface area contributed by atoms with Crippen molar-refractivity contribution in [2.24, 2.45) is 5.92 Å². The van der Waals surface area contributed by atoms with E-state index in [2.05, 4.69) is 10.6 Å². The first kappa shape index (κ1) is 15.3. The van der Waals surface area contributed by atoms with E-state index in [0.717, 1.165) is 19.3 Å². The molecule has 0 bridgehead atoms. The second-order valence-electron chi connectivity index (χ2n) is 5.51. The zero-order valence-electron chi connectivity index (χ0n) is 11.9. The quantitative estimate of drug-likeness (QED) is 0.802. The summed E-state index contributed by atoms with van der Waals surface area (Å²) in [7, 11) is 0. The molecule has 1 fully saturated rings. The summed E-state index contributed by atoms with van der Waals surface area (Å²) in [4.78, 5) is 23.7. The number of carboxylic acid groups (broad SMARTS) is 1. The fourth-order valence-electron chi connectivity index (χ4n) is 2.80. The van der Waals surface area contributed by atoms with E-state index in [1.807, 2.05) is 6.92 Å². The largest absolute Gasteiger partial charge is 0.479 e. The summed E-state index contributed by atoms with van der Waals surface area (Å²) in [5.74, 6) is -1.55. The fourth-order valence-corrected chi connectivity index (χ4v) is 2.80. The van der Waals surface area contributed by atoms with Crippen molar-refractivity contribution in [2.75, 3.05) is 5.32 Å². The summed E-state index contributed by atoms with van der Waals surface area (Å²) in [6.07, 6.45) is 2.92. The Hall–Kier alpha value is -2.11. The van der Waals surface area contributed by atoms with E-state index >= 15 is 0 Å². The molecule has 6 heteroatoms. The number of anilines is 1. The van der Waals surface area contributed by atoms with Crippen LogP contribution in [0.25, 0.3) is 0 Å². The molecule has 0 saturated heterocycles. The van der Waals surface area contributed by atoms with Gasteiger partial charge in [0.25, 0.3) is 0 Å². The lowest BCUT2D eigenvalue weighted by atomic mass is 9.73. The molecule has 2 atom stereocenters. The Morgan fingerprint density at radius 1 is 1.29 bits per heavy atom. The van der Waals surface area contributed by atoms with Crippen molar-refractivity contribution in [1.29, 1.82) is 0 Å². The van der Waals surface area contributed by atoms with Gasteiger partial charge in [-0.3, -0.25) is 0 Å². The molecule has 2 rings (SSSR count). The van der Waals surface area contributed by atoms with Crippen molar-refractivity contribution in [2.45, 2.75) is 38.1 Å². The second kappa shape index (κ2) is 6.11. The first-order valence-corrected chi connectivity index (χ1v) is 7.02. The number of carbonyl (C=O) groups excluding carboxylic acids is 1. The molecule has 21 heavy (non-hydrogen) atoms. The number of rotatable bonds is 3. The van der Waals surface area contributed by atoms with Gasteiger partial charge in [0.1, 0.15) is 11.4 Å². The number of hydrogen-bond acceptors (Lipinski definition) is 2. The van der Waals surface area contributed by atoms with Gasteiger partial charge in [0.15, 0.2) is 0 Å². The predicted molar refractivity (Wildman–Crippen MR) is 76.6 cm³/mol. The van der Waals surface area contributed by atoms with Gasteiger partial charge < -0.3 is 15.7 Å². The minimum Gasteiger partial charge on any atom is -0.479 e. The SMILES string of the molecule is CC1CCCCC1(NC(=O)Nc1ccc(F)cc1)C(=O)O. The molecule has 5 nitrogen and oxygen atoms in total. The minimum absolute atomic E-state index is 0.136. The smallest absolute Gasteiger partial charge is 0.329 e. The molecule has 0 radical (unpaired) electrons. The average Bonchev–Trinajstić information content (AvgIpc) is 2.44. The van der Waals surface area contributed by atoms with Crippen LogP contribution in [0.3, 0.4) is 0 Å². The molecule has 2 amide bonds. The first-order chi connectivity index (χ1) is 9.94. The van der Waals surface area contributed by atoms with Gasteiger partial charge in [-0.1, -0.05) is 19.8 Å². The summed E-state index contributed by atoms with van der Waals surface area (Å²) in [6.45, 7) is 1.84. The van der Waals surface area contributed by atoms with Crippen molar-refractivity contribution in [1.82, 2.24) is 5.32 Å². The highest BCUT2D eigenvalue weighted by Gasteiger charge is 2.46. The van der Waals surface area contributed by atoms with Crippen molar-refractivity contribution < 1.29 is 19.1 Å². The van der Waals surface area contributed by atoms with Crippen molar-refractivity contribution in [3.63, 3.8) is 0 Å². The zero-order valence-corrected chi connectivity index (χ0v) is 11.9. The molecule has 0 aromatic heterocycles. The van der Waals surface area contributed by atoms with E-state index in [0.29, 0.717) is 12.1 Å². The number of carbonyl (C=O) groups is 2. The monoisotopic (exact) mass is 294 g/mol. The van der Waals surface area contributed by atoms with Crippen molar-refractivity contribution in [3.05, 3.63) is 30.1 Å². The zero-order chi connectivity index (χ0) is 15.5. The molecule has 1 aliphatic rings. The van der Waals surface area contributed by atoms with Crippen LogP contribution in [0.5, 0.6) is 0 Å². The number of aliphatic carboxylic acids is 1. The van der Waals surface area contributed by atoms with Crippen LogP contribution in [-0.4, -0.2) is 22.6 Å². The molecule has 0 spiro atoms. The van der Waals surface area contributed by atoms with Crippen molar-refractivity contribution in [3.8, 4) is 0 Å². The summed E-state index contributed by atoms with van der Waals surface area (Å²) in [5, 5.41) is 14.7. The van der Waals surface area contributed by atoms with Gasteiger partial charge >= 0.3 is 12.0 Å². The topological polar surface area (TPSA) is 78.4 Å². The van der Waals surface area contributed by atoms with Gasteiger partial charge in [-0.05, 0) is 43.0 Å². The summed E-state index contributed by atoms with van der Waals surface area (Å²) >= 11 is 0. The maximum Gasteiger partial charge on any atom is 0.329 e. The molecule has 1 aromatic rings. The normalized spacial score (nSPS) is 25.1. The number of benzene rings is 1. The van der Waals surface area contributed by atoms with Gasteiger partial charge in [-0.25, -0.2) is 14.0 Å². The molecule has 3 N–H and O–H groups in total. The first-order valence-electron chi connectivity index (χ1n) is 7.02. The summed E-state index contributed by atoms with van der Waals surface area (Å²) < 4.78 is 12.8. The Kier molecular flexibility index (Phi) is 4.45. The predicted octanol–water partition coefficient (Wildman–Crippen LogP) is 2.98. The number of urea groups is 1. The van der Waals surface area contributed by atoms with Crippen LogP contribution in [0.1, 0.15) is 32.6 Å². The number of amides is 2. The Morgan fingerprint density at radius 2 is 1.95 bits per heavy atom. The molecule has 114 valence electrons. The van der Waals surface area contributed by atoms with E-state index in [4.69, 9.17) is 0 Å². The standard InChI is InChI=1S/C15H19FN2O3/c1-10-4-2-3-9-15(10,13(19)20)18-14(21)17-12-7-5-11(16)6-8-12/h5-8,10H,2-4,9H2,1H3,(H,19,20)(H2,17,18,21). The Balaban J connectivity index is 2.08. The maximum atomic E-state index is 12.8. The molecule has 1 aliphatic carbocycles. The number of halogens is 1. The highest BCUT2D eigenvalue weighted by molar-refractivity contribution is 5.94. The van der Waals surface area contributed by atoms with Crippen LogP contribution >= 0.6 is 0 Å². The third-order valence-electron chi connectivity index (χ3n) is 4.12. The highest BCUT2D eigenvalue weighted by Crippen LogP contribution is 2.34.